The van der Waals surface area contributed by atoms with Crippen LogP contribution in [0.5, 0.6) is 0 Å². The first-order chi connectivity index (χ1) is 12.3. The van der Waals surface area contributed by atoms with Crippen LogP contribution in [0, 0.1) is 0 Å². The molecule has 3 amide bonds. The van der Waals surface area contributed by atoms with E-state index in [0.717, 1.165) is 0 Å². The molecular weight excluding hydrogens is 381 g/mol. The summed E-state index contributed by atoms with van der Waals surface area (Å²) in [6.45, 7) is 2.48. The molecular formula is C17H17Cl2N3O4. The predicted molar refractivity (Wildman–Crippen MR) is 96.0 cm³/mol. The van der Waals surface area contributed by atoms with E-state index in [1.54, 1.807) is 18.2 Å². The van der Waals surface area contributed by atoms with Gasteiger partial charge in [-0.2, -0.15) is 0 Å². The SMILES string of the molecule is CCN1C(=O)NC(c2ccc(Cl)cc2Cl)C2=C1CN(CCC(=O)O)C2=O. The summed E-state index contributed by atoms with van der Waals surface area (Å²) in [6, 6.07) is 3.85. The minimum absolute atomic E-state index is 0.0774. The molecule has 2 N–H and O–H groups in total. The number of amides is 3. The topological polar surface area (TPSA) is 90.0 Å². The van der Waals surface area contributed by atoms with Gasteiger partial charge in [0, 0.05) is 23.1 Å². The summed E-state index contributed by atoms with van der Waals surface area (Å²) in [6.07, 6.45) is -0.161. The first-order valence-corrected chi connectivity index (χ1v) is 8.86. The van der Waals surface area contributed by atoms with E-state index in [9.17, 15) is 14.4 Å². The number of hydrogen-bond donors (Lipinski definition) is 2. The Balaban J connectivity index is 2.01. The summed E-state index contributed by atoms with van der Waals surface area (Å²) in [5.74, 6) is -1.28. The summed E-state index contributed by atoms with van der Waals surface area (Å²) >= 11 is 12.2. The average molecular weight is 398 g/mol. The fraction of sp³-hybridized carbons (Fsp3) is 0.353. The summed E-state index contributed by atoms with van der Waals surface area (Å²) < 4.78 is 0. The highest BCUT2D eigenvalue weighted by atomic mass is 35.5. The van der Waals surface area contributed by atoms with E-state index >= 15 is 0 Å². The van der Waals surface area contributed by atoms with Gasteiger partial charge in [-0.1, -0.05) is 29.3 Å². The van der Waals surface area contributed by atoms with Crippen LogP contribution in [-0.2, 0) is 9.59 Å². The first kappa shape index (κ1) is 18.5. The van der Waals surface area contributed by atoms with Crippen LogP contribution in [0.3, 0.4) is 0 Å². The van der Waals surface area contributed by atoms with Gasteiger partial charge in [0.2, 0.25) is 0 Å². The second-order valence-corrected chi connectivity index (χ2v) is 6.87. The number of carboxylic acids is 1. The molecule has 2 aliphatic rings. The number of nitrogens with one attached hydrogen (secondary N) is 1. The van der Waals surface area contributed by atoms with Crippen molar-refractivity contribution in [3.05, 3.63) is 45.1 Å². The third-order valence-corrected chi connectivity index (χ3v) is 5.04. The molecule has 26 heavy (non-hydrogen) atoms. The van der Waals surface area contributed by atoms with E-state index < -0.39 is 12.0 Å². The highest BCUT2D eigenvalue weighted by Gasteiger charge is 2.44. The third kappa shape index (κ3) is 3.24. The van der Waals surface area contributed by atoms with Gasteiger partial charge in [0.1, 0.15) is 0 Å². The van der Waals surface area contributed by atoms with Crippen LogP contribution in [0.2, 0.25) is 10.0 Å². The molecule has 1 aromatic carbocycles. The van der Waals surface area contributed by atoms with Crippen LogP contribution < -0.4 is 5.32 Å². The summed E-state index contributed by atoms with van der Waals surface area (Å²) in [4.78, 5) is 39.2. The molecule has 1 atom stereocenters. The van der Waals surface area contributed by atoms with Gasteiger partial charge in [-0.25, -0.2) is 4.79 Å². The number of hydrogen-bond acceptors (Lipinski definition) is 3. The van der Waals surface area contributed by atoms with Crippen molar-refractivity contribution in [1.82, 2.24) is 15.1 Å². The van der Waals surface area contributed by atoms with Crippen molar-refractivity contribution in [2.75, 3.05) is 19.6 Å². The smallest absolute Gasteiger partial charge is 0.322 e. The second-order valence-electron chi connectivity index (χ2n) is 6.02. The molecule has 3 rings (SSSR count). The van der Waals surface area contributed by atoms with Crippen LogP contribution in [0.1, 0.15) is 24.9 Å². The Hall–Kier alpha value is -2.25. The van der Waals surface area contributed by atoms with Crippen LogP contribution >= 0.6 is 23.2 Å². The molecule has 0 fully saturated rings. The Morgan fingerprint density at radius 1 is 1.35 bits per heavy atom. The molecule has 138 valence electrons. The van der Waals surface area contributed by atoms with Crippen molar-refractivity contribution >= 4 is 41.1 Å². The van der Waals surface area contributed by atoms with E-state index in [2.05, 4.69) is 5.32 Å². The van der Waals surface area contributed by atoms with Crippen LogP contribution in [0.15, 0.2) is 29.5 Å². The van der Waals surface area contributed by atoms with Crippen LogP contribution in [0.25, 0.3) is 0 Å². The van der Waals surface area contributed by atoms with E-state index in [4.69, 9.17) is 28.3 Å². The number of rotatable bonds is 5. The minimum Gasteiger partial charge on any atom is -0.481 e. The Kier molecular flexibility index (Phi) is 5.11. The van der Waals surface area contributed by atoms with Crippen molar-refractivity contribution in [2.45, 2.75) is 19.4 Å². The van der Waals surface area contributed by atoms with E-state index in [0.29, 0.717) is 33.4 Å². The van der Waals surface area contributed by atoms with Gasteiger partial charge in [-0.3, -0.25) is 14.5 Å². The molecule has 9 heteroatoms. The van der Waals surface area contributed by atoms with Gasteiger partial charge in [-0.05, 0) is 24.6 Å². The normalized spacial score (nSPS) is 19.7. The molecule has 0 saturated carbocycles. The molecule has 0 aliphatic carbocycles. The zero-order valence-electron chi connectivity index (χ0n) is 14.0. The van der Waals surface area contributed by atoms with Crippen molar-refractivity contribution in [3.63, 3.8) is 0 Å². The molecule has 0 bridgehead atoms. The number of carbonyl (C=O) groups is 3. The quantitative estimate of drug-likeness (QED) is 0.798. The highest BCUT2D eigenvalue weighted by Crippen LogP contribution is 2.39. The van der Waals surface area contributed by atoms with Gasteiger partial charge in [0.05, 0.1) is 30.3 Å². The lowest BCUT2D eigenvalue weighted by molar-refractivity contribution is -0.137. The lowest BCUT2D eigenvalue weighted by Crippen LogP contribution is -2.47. The molecule has 2 heterocycles. The standard InChI is InChI=1S/C17H17Cl2N3O4/c1-2-22-12-8-21(6-5-13(23)24)16(25)14(12)15(20-17(22)26)10-4-3-9(18)7-11(10)19/h3-4,7,15H,2,5-6,8H2,1H3,(H,20,26)(H,23,24). The number of carboxylic acid groups (broad SMARTS) is 1. The van der Waals surface area contributed by atoms with Gasteiger partial charge in [0.15, 0.2) is 0 Å². The number of likely N-dealkylation sites (N-methyl/N-ethyl adjacent to an activating group) is 1. The number of urea groups is 1. The monoisotopic (exact) mass is 397 g/mol. The zero-order valence-corrected chi connectivity index (χ0v) is 15.5. The molecule has 1 unspecified atom stereocenters. The average Bonchev–Trinajstić information content (AvgIpc) is 2.89. The Morgan fingerprint density at radius 3 is 2.69 bits per heavy atom. The lowest BCUT2D eigenvalue weighted by atomic mass is 9.95. The Bertz CT molecular complexity index is 824. The fourth-order valence-corrected chi connectivity index (χ4v) is 3.78. The maximum Gasteiger partial charge on any atom is 0.322 e. The molecule has 0 saturated heterocycles. The highest BCUT2D eigenvalue weighted by molar-refractivity contribution is 6.35. The molecule has 0 spiro atoms. The first-order valence-electron chi connectivity index (χ1n) is 8.10. The maximum absolute atomic E-state index is 12.9. The molecule has 0 radical (unpaired) electrons. The van der Waals surface area contributed by atoms with Crippen molar-refractivity contribution in [2.24, 2.45) is 0 Å². The number of halogens is 2. The van der Waals surface area contributed by atoms with Gasteiger partial charge >= 0.3 is 12.0 Å². The summed E-state index contributed by atoms with van der Waals surface area (Å²) in [5, 5.41) is 12.5. The number of carbonyl (C=O) groups excluding carboxylic acids is 2. The number of nitrogens with zero attached hydrogens (tertiary/aromatic N) is 2. The van der Waals surface area contributed by atoms with Gasteiger partial charge in [0.25, 0.3) is 5.91 Å². The Morgan fingerprint density at radius 2 is 2.08 bits per heavy atom. The summed E-state index contributed by atoms with van der Waals surface area (Å²) in [7, 11) is 0. The summed E-state index contributed by atoms with van der Waals surface area (Å²) in [5.41, 5.74) is 1.57. The van der Waals surface area contributed by atoms with Crippen LogP contribution in [0.4, 0.5) is 4.79 Å². The maximum atomic E-state index is 12.9. The van der Waals surface area contributed by atoms with Gasteiger partial charge < -0.3 is 15.3 Å². The molecule has 0 aromatic heterocycles. The Labute approximate surface area is 160 Å². The third-order valence-electron chi connectivity index (χ3n) is 4.48. The largest absolute Gasteiger partial charge is 0.481 e. The number of aliphatic carboxylic acids is 1. The zero-order chi connectivity index (χ0) is 19.0. The lowest BCUT2D eigenvalue weighted by Gasteiger charge is -2.33. The second kappa shape index (κ2) is 7.17. The fourth-order valence-electron chi connectivity index (χ4n) is 3.26. The molecule has 1 aromatic rings. The van der Waals surface area contributed by atoms with E-state index in [1.165, 1.54) is 9.80 Å². The van der Waals surface area contributed by atoms with Crippen LogP contribution in [-0.4, -0.2) is 52.4 Å². The number of benzene rings is 1. The van der Waals surface area contributed by atoms with E-state index in [1.807, 2.05) is 6.92 Å². The molecule has 2 aliphatic heterocycles. The van der Waals surface area contributed by atoms with E-state index in [-0.39, 0.29) is 31.4 Å². The van der Waals surface area contributed by atoms with Crippen molar-refractivity contribution in [1.29, 1.82) is 0 Å². The van der Waals surface area contributed by atoms with Crippen molar-refractivity contribution in [3.8, 4) is 0 Å². The van der Waals surface area contributed by atoms with Crippen molar-refractivity contribution < 1.29 is 19.5 Å². The minimum atomic E-state index is -0.985. The molecule has 7 nitrogen and oxygen atoms in total. The van der Waals surface area contributed by atoms with Gasteiger partial charge in [-0.15, -0.1) is 0 Å². The predicted octanol–water partition coefficient (Wildman–Crippen LogP) is 2.65.